The first-order chi connectivity index (χ1) is 16.0. The Balaban J connectivity index is 1.68. The number of halogens is 1. The summed E-state index contributed by atoms with van der Waals surface area (Å²) in [5, 5.41) is 7.76. The van der Waals surface area contributed by atoms with Crippen molar-refractivity contribution in [1.82, 2.24) is 24.9 Å². The van der Waals surface area contributed by atoms with Crippen LogP contribution in [0.5, 0.6) is 5.75 Å². The standard InChI is InChI=1S/C25H30FN5O2/c1-4-27-25(32)29(2)17-21-19-16-30(15-18-9-5-6-10-20(18)26)14-13-22(19)31(28-21)23-11-7-8-12-24(23)33-3/h5-12H,4,13-17H2,1-3H3,(H,27,32). The second-order valence-electron chi connectivity index (χ2n) is 8.20. The molecule has 0 spiro atoms. The summed E-state index contributed by atoms with van der Waals surface area (Å²) in [6.07, 6.45) is 0.764. The summed E-state index contributed by atoms with van der Waals surface area (Å²) >= 11 is 0. The first-order valence-corrected chi connectivity index (χ1v) is 11.2. The Morgan fingerprint density at radius 3 is 2.73 bits per heavy atom. The van der Waals surface area contributed by atoms with E-state index >= 15 is 0 Å². The predicted molar refractivity (Wildman–Crippen MR) is 125 cm³/mol. The zero-order chi connectivity index (χ0) is 23.4. The second-order valence-corrected chi connectivity index (χ2v) is 8.20. The molecule has 0 atom stereocenters. The molecule has 33 heavy (non-hydrogen) atoms. The maximum atomic E-state index is 14.3. The lowest BCUT2D eigenvalue weighted by atomic mass is 10.0. The number of urea groups is 1. The summed E-state index contributed by atoms with van der Waals surface area (Å²) in [6.45, 7) is 4.78. The second kappa shape index (κ2) is 10.0. The van der Waals surface area contributed by atoms with Gasteiger partial charge in [-0.3, -0.25) is 4.90 Å². The molecule has 0 aliphatic carbocycles. The van der Waals surface area contributed by atoms with Gasteiger partial charge >= 0.3 is 6.03 Å². The van der Waals surface area contributed by atoms with Crippen LogP contribution in [0.15, 0.2) is 48.5 Å². The summed E-state index contributed by atoms with van der Waals surface area (Å²) in [5.74, 6) is 0.546. The summed E-state index contributed by atoms with van der Waals surface area (Å²) in [6, 6.07) is 14.5. The Bertz CT molecular complexity index is 1130. The molecule has 174 valence electrons. The van der Waals surface area contributed by atoms with Gasteiger partial charge in [-0.15, -0.1) is 0 Å². The topological polar surface area (TPSA) is 62.6 Å². The van der Waals surface area contributed by atoms with E-state index in [9.17, 15) is 9.18 Å². The molecule has 8 heteroatoms. The molecule has 7 nitrogen and oxygen atoms in total. The van der Waals surface area contributed by atoms with Crippen molar-refractivity contribution in [3.05, 3.63) is 76.9 Å². The lowest BCUT2D eigenvalue weighted by Gasteiger charge is -2.28. The van der Waals surface area contributed by atoms with E-state index in [-0.39, 0.29) is 11.8 Å². The molecule has 2 amide bonds. The Morgan fingerprint density at radius 1 is 1.21 bits per heavy atom. The highest BCUT2D eigenvalue weighted by molar-refractivity contribution is 5.73. The number of carbonyl (C=O) groups is 1. The van der Waals surface area contributed by atoms with Crippen molar-refractivity contribution in [3.8, 4) is 11.4 Å². The van der Waals surface area contributed by atoms with Gasteiger partial charge in [0.15, 0.2) is 0 Å². The number of methoxy groups -OCH3 is 1. The molecule has 0 fully saturated rings. The zero-order valence-electron chi connectivity index (χ0n) is 19.3. The summed E-state index contributed by atoms with van der Waals surface area (Å²) in [5.41, 5.74) is 4.57. The van der Waals surface area contributed by atoms with Crippen LogP contribution in [0.4, 0.5) is 9.18 Å². The number of rotatable bonds is 7. The van der Waals surface area contributed by atoms with Crippen molar-refractivity contribution in [2.45, 2.75) is 33.0 Å². The SMILES string of the molecule is CCNC(=O)N(C)Cc1nn(-c2ccccc2OC)c2c1CN(Cc1ccccc1F)CC2. The fourth-order valence-electron chi connectivity index (χ4n) is 4.26. The van der Waals surface area contributed by atoms with E-state index in [0.29, 0.717) is 31.7 Å². The van der Waals surface area contributed by atoms with Gasteiger partial charge < -0.3 is 15.0 Å². The van der Waals surface area contributed by atoms with Gasteiger partial charge in [-0.1, -0.05) is 30.3 Å². The number of nitrogens with zero attached hydrogens (tertiary/aromatic N) is 4. The molecule has 0 unspecified atom stereocenters. The van der Waals surface area contributed by atoms with Gasteiger partial charge in [0.25, 0.3) is 0 Å². The number of nitrogens with one attached hydrogen (secondary N) is 1. The number of hydrogen-bond donors (Lipinski definition) is 1. The van der Waals surface area contributed by atoms with Gasteiger partial charge in [0.2, 0.25) is 0 Å². The van der Waals surface area contributed by atoms with Gasteiger partial charge in [0.1, 0.15) is 17.3 Å². The molecule has 4 rings (SSSR count). The molecule has 3 aromatic rings. The number of aromatic nitrogens is 2. The van der Waals surface area contributed by atoms with E-state index in [0.717, 1.165) is 41.4 Å². The lowest BCUT2D eigenvalue weighted by Crippen LogP contribution is -2.37. The van der Waals surface area contributed by atoms with E-state index in [1.807, 2.05) is 48.0 Å². The van der Waals surface area contributed by atoms with Crippen LogP contribution in [0.2, 0.25) is 0 Å². The minimum atomic E-state index is -0.191. The van der Waals surface area contributed by atoms with Crippen molar-refractivity contribution >= 4 is 6.03 Å². The quantitative estimate of drug-likeness (QED) is 0.595. The normalized spacial score (nSPS) is 13.5. The maximum Gasteiger partial charge on any atom is 0.317 e. The zero-order valence-corrected chi connectivity index (χ0v) is 19.3. The molecular formula is C25H30FN5O2. The molecule has 0 radical (unpaired) electrons. The first kappa shape index (κ1) is 22.8. The Morgan fingerprint density at radius 2 is 1.97 bits per heavy atom. The summed E-state index contributed by atoms with van der Waals surface area (Å²) in [4.78, 5) is 16.2. The van der Waals surface area contributed by atoms with E-state index in [4.69, 9.17) is 9.84 Å². The summed E-state index contributed by atoms with van der Waals surface area (Å²) < 4.78 is 21.8. The number of para-hydroxylation sites is 2. The van der Waals surface area contributed by atoms with Gasteiger partial charge in [-0.25, -0.2) is 13.9 Å². The van der Waals surface area contributed by atoms with Crippen molar-refractivity contribution < 1.29 is 13.9 Å². The van der Waals surface area contributed by atoms with Crippen LogP contribution in [-0.2, 0) is 26.1 Å². The minimum Gasteiger partial charge on any atom is -0.494 e. The molecule has 2 heterocycles. The largest absolute Gasteiger partial charge is 0.494 e. The Hall–Kier alpha value is -3.39. The number of ether oxygens (including phenoxy) is 1. The molecular weight excluding hydrogens is 421 g/mol. The third-order valence-electron chi connectivity index (χ3n) is 5.95. The summed E-state index contributed by atoms with van der Waals surface area (Å²) in [7, 11) is 3.41. The van der Waals surface area contributed by atoms with Crippen LogP contribution in [0, 0.1) is 5.82 Å². The number of benzene rings is 2. The molecule has 0 saturated heterocycles. The molecule has 1 N–H and O–H groups in total. The van der Waals surface area contributed by atoms with Crippen LogP contribution in [0.25, 0.3) is 5.69 Å². The van der Waals surface area contributed by atoms with E-state index < -0.39 is 0 Å². The Labute approximate surface area is 193 Å². The van der Waals surface area contributed by atoms with Gasteiger partial charge in [0.05, 0.1) is 25.0 Å². The highest BCUT2D eigenvalue weighted by atomic mass is 19.1. The Kier molecular flexibility index (Phi) is 6.93. The van der Waals surface area contributed by atoms with E-state index in [2.05, 4.69) is 10.2 Å². The molecule has 1 aliphatic heterocycles. The number of amides is 2. The fourth-order valence-corrected chi connectivity index (χ4v) is 4.26. The van der Waals surface area contributed by atoms with Crippen LogP contribution in [0.1, 0.15) is 29.4 Å². The van der Waals surface area contributed by atoms with Crippen molar-refractivity contribution in [3.63, 3.8) is 0 Å². The lowest BCUT2D eigenvalue weighted by molar-refractivity contribution is 0.206. The molecule has 1 aliphatic rings. The van der Waals surface area contributed by atoms with Gasteiger partial charge in [0, 0.05) is 50.8 Å². The fraction of sp³-hybridized carbons (Fsp3) is 0.360. The molecule has 0 bridgehead atoms. The molecule has 1 aromatic heterocycles. The average molecular weight is 452 g/mol. The van der Waals surface area contributed by atoms with Crippen molar-refractivity contribution in [2.75, 3.05) is 27.2 Å². The van der Waals surface area contributed by atoms with Crippen LogP contribution >= 0.6 is 0 Å². The highest BCUT2D eigenvalue weighted by Crippen LogP contribution is 2.30. The average Bonchev–Trinajstić information content (AvgIpc) is 3.18. The van der Waals surface area contributed by atoms with Crippen LogP contribution in [0.3, 0.4) is 0 Å². The molecule has 2 aromatic carbocycles. The number of fused-ring (bicyclic) bond motifs is 1. The monoisotopic (exact) mass is 451 g/mol. The van der Waals surface area contributed by atoms with Gasteiger partial charge in [-0.05, 0) is 25.1 Å². The highest BCUT2D eigenvalue weighted by Gasteiger charge is 2.28. The third-order valence-corrected chi connectivity index (χ3v) is 5.95. The first-order valence-electron chi connectivity index (χ1n) is 11.2. The number of hydrogen-bond acceptors (Lipinski definition) is 4. The van der Waals surface area contributed by atoms with E-state index in [1.165, 1.54) is 6.07 Å². The van der Waals surface area contributed by atoms with Crippen molar-refractivity contribution in [1.29, 1.82) is 0 Å². The maximum absolute atomic E-state index is 14.3. The van der Waals surface area contributed by atoms with Crippen molar-refractivity contribution in [2.24, 2.45) is 0 Å². The van der Waals surface area contributed by atoms with E-state index in [1.54, 1.807) is 25.1 Å². The van der Waals surface area contributed by atoms with Gasteiger partial charge in [-0.2, -0.15) is 5.10 Å². The predicted octanol–water partition coefficient (Wildman–Crippen LogP) is 3.74. The minimum absolute atomic E-state index is 0.142. The van der Waals surface area contributed by atoms with Crippen LogP contribution in [-0.4, -0.2) is 52.9 Å². The molecule has 0 saturated carbocycles. The smallest absolute Gasteiger partial charge is 0.317 e. The third kappa shape index (κ3) is 4.85. The van der Waals surface area contributed by atoms with Crippen LogP contribution < -0.4 is 10.1 Å². The number of carbonyl (C=O) groups excluding carboxylic acids is 1.